The third-order valence-electron chi connectivity index (χ3n) is 3.36. The van der Waals surface area contributed by atoms with Crippen molar-refractivity contribution < 1.29 is 9.15 Å². The molecule has 0 fully saturated rings. The Bertz CT molecular complexity index is 597. The average molecular weight is 293 g/mol. The first-order valence-corrected chi connectivity index (χ1v) is 7.21. The van der Waals surface area contributed by atoms with Crippen molar-refractivity contribution in [3.05, 3.63) is 46.6 Å². The fourth-order valence-corrected chi connectivity index (χ4v) is 2.53. The molecule has 0 spiro atoms. The van der Waals surface area contributed by atoms with Crippen LogP contribution in [0.25, 0.3) is 0 Å². The largest absolute Gasteiger partial charge is 0.488 e. The molecule has 2 heterocycles. The van der Waals surface area contributed by atoms with Crippen LogP contribution < -0.4 is 10.1 Å². The zero-order chi connectivity index (χ0) is 13.9. The van der Waals surface area contributed by atoms with Crippen molar-refractivity contribution in [3.8, 4) is 5.75 Å². The van der Waals surface area contributed by atoms with Crippen molar-refractivity contribution in [3.63, 3.8) is 0 Å². The summed E-state index contributed by atoms with van der Waals surface area (Å²) in [6.45, 7) is 3.43. The molecule has 0 saturated carbocycles. The standard InChI is InChI=1S/C15H17ClN2O2/c1-2-12-8-18-15(20-12)9-17-7-13-6-10-5-11(16)3-4-14(10)19-13/h3-5,8,13,17H,2,6-7,9H2,1H3. The second kappa shape index (κ2) is 5.85. The number of ether oxygens (including phenoxy) is 1. The molecule has 106 valence electrons. The summed E-state index contributed by atoms with van der Waals surface area (Å²) in [6, 6.07) is 5.76. The van der Waals surface area contributed by atoms with Gasteiger partial charge < -0.3 is 14.5 Å². The van der Waals surface area contributed by atoms with Gasteiger partial charge in [0.15, 0.2) is 0 Å². The van der Waals surface area contributed by atoms with Gasteiger partial charge >= 0.3 is 0 Å². The molecule has 0 amide bonds. The zero-order valence-electron chi connectivity index (χ0n) is 11.4. The van der Waals surface area contributed by atoms with E-state index in [1.807, 2.05) is 25.1 Å². The van der Waals surface area contributed by atoms with Crippen molar-refractivity contribution in [2.45, 2.75) is 32.4 Å². The van der Waals surface area contributed by atoms with Gasteiger partial charge in [0.1, 0.15) is 17.6 Å². The first kappa shape index (κ1) is 13.5. The van der Waals surface area contributed by atoms with E-state index >= 15 is 0 Å². The fourth-order valence-electron chi connectivity index (χ4n) is 2.34. The lowest BCUT2D eigenvalue weighted by atomic mass is 10.1. The van der Waals surface area contributed by atoms with E-state index in [2.05, 4.69) is 10.3 Å². The molecule has 2 aromatic rings. The number of nitrogens with one attached hydrogen (secondary N) is 1. The summed E-state index contributed by atoms with van der Waals surface area (Å²) in [5.41, 5.74) is 1.17. The molecular weight excluding hydrogens is 276 g/mol. The molecule has 1 aromatic carbocycles. The molecule has 3 rings (SSSR count). The molecule has 5 heteroatoms. The van der Waals surface area contributed by atoms with E-state index in [0.717, 1.165) is 41.8 Å². The van der Waals surface area contributed by atoms with Crippen LogP contribution in [-0.2, 0) is 19.4 Å². The minimum Gasteiger partial charge on any atom is -0.488 e. The van der Waals surface area contributed by atoms with E-state index in [1.54, 1.807) is 6.20 Å². The number of benzene rings is 1. The normalized spacial score (nSPS) is 17.0. The van der Waals surface area contributed by atoms with E-state index in [4.69, 9.17) is 20.8 Å². The third kappa shape index (κ3) is 2.97. The highest BCUT2D eigenvalue weighted by Crippen LogP contribution is 2.30. The van der Waals surface area contributed by atoms with Crippen LogP contribution in [0.15, 0.2) is 28.8 Å². The number of hydrogen-bond acceptors (Lipinski definition) is 4. The molecule has 20 heavy (non-hydrogen) atoms. The van der Waals surface area contributed by atoms with Crippen LogP contribution in [-0.4, -0.2) is 17.6 Å². The maximum Gasteiger partial charge on any atom is 0.208 e. The first-order valence-electron chi connectivity index (χ1n) is 6.84. The predicted molar refractivity (Wildman–Crippen MR) is 77.2 cm³/mol. The Morgan fingerprint density at radius 1 is 1.45 bits per heavy atom. The molecule has 1 aliphatic rings. The van der Waals surface area contributed by atoms with Gasteiger partial charge in [-0.1, -0.05) is 18.5 Å². The molecule has 0 bridgehead atoms. The maximum atomic E-state index is 5.98. The van der Waals surface area contributed by atoms with Crippen molar-refractivity contribution in [1.82, 2.24) is 10.3 Å². The van der Waals surface area contributed by atoms with Crippen LogP contribution in [0.5, 0.6) is 5.75 Å². The molecule has 1 aliphatic heterocycles. The van der Waals surface area contributed by atoms with Crippen LogP contribution in [0.2, 0.25) is 5.02 Å². The summed E-state index contributed by atoms with van der Waals surface area (Å²) in [4.78, 5) is 4.21. The van der Waals surface area contributed by atoms with E-state index in [0.29, 0.717) is 6.54 Å². The van der Waals surface area contributed by atoms with Gasteiger partial charge in [-0.25, -0.2) is 4.98 Å². The van der Waals surface area contributed by atoms with Gasteiger partial charge in [0.25, 0.3) is 0 Å². The highest BCUT2D eigenvalue weighted by Gasteiger charge is 2.22. The maximum absolute atomic E-state index is 5.98. The van der Waals surface area contributed by atoms with E-state index in [-0.39, 0.29) is 6.10 Å². The number of aryl methyl sites for hydroxylation is 1. The molecule has 1 atom stereocenters. The van der Waals surface area contributed by atoms with Crippen LogP contribution in [0.3, 0.4) is 0 Å². The van der Waals surface area contributed by atoms with Gasteiger partial charge in [0.05, 0.1) is 12.7 Å². The lowest BCUT2D eigenvalue weighted by Gasteiger charge is -2.10. The SMILES string of the molecule is CCc1cnc(CNCC2Cc3cc(Cl)ccc3O2)o1. The summed E-state index contributed by atoms with van der Waals surface area (Å²) in [5.74, 6) is 2.58. The summed E-state index contributed by atoms with van der Waals surface area (Å²) < 4.78 is 11.4. The van der Waals surface area contributed by atoms with Crippen molar-refractivity contribution in [2.75, 3.05) is 6.54 Å². The topological polar surface area (TPSA) is 47.3 Å². The summed E-state index contributed by atoms with van der Waals surface area (Å²) in [6.07, 6.45) is 3.67. The molecule has 0 saturated heterocycles. The Balaban J connectivity index is 1.49. The van der Waals surface area contributed by atoms with E-state index in [9.17, 15) is 0 Å². The molecule has 0 aliphatic carbocycles. The Labute approximate surface area is 123 Å². The average Bonchev–Trinajstić information content (AvgIpc) is 3.04. The number of hydrogen-bond donors (Lipinski definition) is 1. The Hall–Kier alpha value is -1.52. The summed E-state index contributed by atoms with van der Waals surface area (Å²) in [5, 5.41) is 4.07. The van der Waals surface area contributed by atoms with Crippen molar-refractivity contribution >= 4 is 11.6 Å². The predicted octanol–water partition coefficient (Wildman–Crippen LogP) is 2.98. The molecule has 4 nitrogen and oxygen atoms in total. The number of halogens is 1. The summed E-state index contributed by atoms with van der Waals surface area (Å²) in [7, 11) is 0. The van der Waals surface area contributed by atoms with Crippen LogP contribution in [0, 0.1) is 0 Å². The molecule has 0 radical (unpaired) electrons. The quantitative estimate of drug-likeness (QED) is 0.920. The van der Waals surface area contributed by atoms with Gasteiger partial charge in [-0.15, -0.1) is 0 Å². The lowest BCUT2D eigenvalue weighted by molar-refractivity contribution is 0.225. The van der Waals surface area contributed by atoms with E-state index < -0.39 is 0 Å². The number of fused-ring (bicyclic) bond motifs is 1. The fraction of sp³-hybridized carbons (Fsp3) is 0.400. The summed E-state index contributed by atoms with van der Waals surface area (Å²) >= 11 is 5.98. The Morgan fingerprint density at radius 3 is 3.15 bits per heavy atom. The van der Waals surface area contributed by atoms with Gasteiger partial charge in [-0.3, -0.25) is 0 Å². The van der Waals surface area contributed by atoms with Gasteiger partial charge in [0, 0.05) is 24.4 Å². The minimum atomic E-state index is 0.143. The number of rotatable bonds is 5. The monoisotopic (exact) mass is 292 g/mol. The number of oxazole rings is 1. The lowest BCUT2D eigenvalue weighted by Crippen LogP contribution is -2.29. The molecule has 1 unspecified atom stereocenters. The Morgan fingerprint density at radius 2 is 2.35 bits per heavy atom. The molecular formula is C15H17ClN2O2. The number of nitrogens with zero attached hydrogens (tertiary/aromatic N) is 1. The smallest absolute Gasteiger partial charge is 0.208 e. The molecule has 1 N–H and O–H groups in total. The van der Waals surface area contributed by atoms with Crippen molar-refractivity contribution in [1.29, 1.82) is 0 Å². The van der Waals surface area contributed by atoms with Crippen LogP contribution in [0.4, 0.5) is 0 Å². The van der Waals surface area contributed by atoms with Crippen LogP contribution in [0.1, 0.15) is 24.1 Å². The van der Waals surface area contributed by atoms with Crippen molar-refractivity contribution in [2.24, 2.45) is 0 Å². The van der Waals surface area contributed by atoms with Crippen LogP contribution >= 0.6 is 11.6 Å². The third-order valence-corrected chi connectivity index (χ3v) is 3.60. The highest BCUT2D eigenvalue weighted by molar-refractivity contribution is 6.30. The number of aromatic nitrogens is 1. The highest BCUT2D eigenvalue weighted by atomic mass is 35.5. The van der Waals surface area contributed by atoms with Gasteiger partial charge in [-0.2, -0.15) is 0 Å². The zero-order valence-corrected chi connectivity index (χ0v) is 12.1. The minimum absolute atomic E-state index is 0.143. The first-order chi connectivity index (χ1) is 9.74. The molecule has 1 aromatic heterocycles. The second-order valence-corrected chi connectivity index (χ2v) is 5.34. The van der Waals surface area contributed by atoms with Gasteiger partial charge in [-0.05, 0) is 23.8 Å². The van der Waals surface area contributed by atoms with E-state index in [1.165, 1.54) is 5.56 Å². The Kier molecular flexibility index (Phi) is 3.94. The van der Waals surface area contributed by atoms with Gasteiger partial charge in [0.2, 0.25) is 5.89 Å². The second-order valence-electron chi connectivity index (χ2n) is 4.90.